The summed E-state index contributed by atoms with van der Waals surface area (Å²) in [6, 6.07) is 0. The van der Waals surface area contributed by atoms with Crippen LogP contribution in [0, 0.1) is 0 Å². The van der Waals surface area contributed by atoms with Gasteiger partial charge in [-0.1, -0.05) is 19.2 Å². The van der Waals surface area contributed by atoms with Gasteiger partial charge in [0.1, 0.15) is 0 Å². The van der Waals surface area contributed by atoms with E-state index in [1.807, 2.05) is 6.92 Å². The standard InChI is InChI=1S/C3H6.C3H4.C2H4/c2*1-3-2;1-2/h3H,1H2,2H3;1-2H2;1-2H2. The molecule has 0 N–H and O–H groups in total. The number of hydrogen-bond donors (Lipinski definition) is 0. The third-order valence-electron chi connectivity index (χ3n) is 0. The lowest BCUT2D eigenvalue weighted by Crippen LogP contribution is -1.07. The van der Waals surface area contributed by atoms with Gasteiger partial charge in [0.2, 0.25) is 0 Å². The van der Waals surface area contributed by atoms with Gasteiger partial charge in [0.05, 0.1) is 0 Å². The number of allylic oxidation sites excluding steroid dienone is 1. The van der Waals surface area contributed by atoms with Gasteiger partial charge >= 0.3 is 0 Å². The van der Waals surface area contributed by atoms with E-state index in [0.717, 1.165) is 0 Å². The molecular formula is C8H14. The van der Waals surface area contributed by atoms with Gasteiger partial charge in [-0.15, -0.1) is 25.5 Å². The van der Waals surface area contributed by atoms with Crippen LogP contribution in [-0.4, -0.2) is 0 Å². The molecule has 0 saturated heterocycles. The van der Waals surface area contributed by atoms with Gasteiger partial charge in [-0.2, -0.15) is 0 Å². The molecule has 8 heavy (non-hydrogen) atoms. The number of rotatable bonds is 0. The molecule has 46 valence electrons. The average molecular weight is 110 g/mol. The Morgan fingerprint density at radius 1 is 1.25 bits per heavy atom. The van der Waals surface area contributed by atoms with Crippen molar-refractivity contribution in [3.63, 3.8) is 0 Å². The van der Waals surface area contributed by atoms with E-state index >= 15 is 0 Å². The Hall–Kier alpha value is -1.00. The van der Waals surface area contributed by atoms with Gasteiger partial charge in [0.25, 0.3) is 0 Å². The van der Waals surface area contributed by atoms with Crippen LogP contribution in [-0.2, 0) is 0 Å². The van der Waals surface area contributed by atoms with Crippen molar-refractivity contribution in [2.45, 2.75) is 6.92 Å². The fraction of sp³-hybridized carbons (Fsp3) is 0.125. The third kappa shape index (κ3) is 80.0. The first kappa shape index (κ1) is 15.8. The molecule has 0 heteroatoms. The maximum atomic E-state index is 3.36. The lowest BCUT2D eigenvalue weighted by Gasteiger charge is -1.31. The zero-order chi connectivity index (χ0) is 7.41. The summed E-state index contributed by atoms with van der Waals surface area (Å²) in [6.07, 6.45) is 1.75. The second kappa shape index (κ2) is 150. The summed E-state index contributed by atoms with van der Waals surface area (Å²) in [6.45, 7) is 17.5. The van der Waals surface area contributed by atoms with Crippen LogP contribution in [0.25, 0.3) is 0 Å². The monoisotopic (exact) mass is 110 g/mol. The zero-order valence-electron chi connectivity index (χ0n) is 5.61. The molecule has 0 fully saturated rings. The first-order valence-electron chi connectivity index (χ1n) is 2.19. The highest BCUT2D eigenvalue weighted by Gasteiger charge is 1.15. The quantitative estimate of drug-likeness (QED) is 0.332. The van der Waals surface area contributed by atoms with Gasteiger partial charge in [-0.05, 0) is 6.92 Å². The Kier molecular flexibility index (Phi) is 295. The van der Waals surface area contributed by atoms with Crippen LogP contribution in [0.15, 0.2) is 44.7 Å². The molecule has 0 aliphatic heterocycles. The van der Waals surface area contributed by atoms with E-state index in [0.29, 0.717) is 0 Å². The summed E-state index contributed by atoms with van der Waals surface area (Å²) in [5, 5.41) is 0. The minimum absolute atomic E-state index is 1.75. The van der Waals surface area contributed by atoms with Crippen LogP contribution in [0.2, 0.25) is 0 Å². The minimum atomic E-state index is 1.75. The van der Waals surface area contributed by atoms with Gasteiger partial charge in [-0.25, -0.2) is 0 Å². The summed E-state index contributed by atoms with van der Waals surface area (Å²) in [5.74, 6) is 0. The van der Waals surface area contributed by atoms with Crippen LogP contribution in [0.1, 0.15) is 6.92 Å². The van der Waals surface area contributed by atoms with Crippen LogP contribution in [0.5, 0.6) is 0 Å². The predicted octanol–water partition coefficient (Wildman–Crippen LogP) is 2.95. The minimum Gasteiger partial charge on any atom is -0.137 e. The first-order valence-corrected chi connectivity index (χ1v) is 2.19. The van der Waals surface area contributed by atoms with Crippen molar-refractivity contribution < 1.29 is 0 Å². The molecule has 0 radical (unpaired) electrons. The van der Waals surface area contributed by atoms with Crippen molar-refractivity contribution in [3.05, 3.63) is 44.7 Å². The van der Waals surface area contributed by atoms with Crippen molar-refractivity contribution in [1.82, 2.24) is 0 Å². The second-order valence-corrected chi connectivity index (χ2v) is 0.658. The Labute approximate surface area is 52.5 Å². The van der Waals surface area contributed by atoms with Crippen LogP contribution in [0.3, 0.4) is 0 Å². The van der Waals surface area contributed by atoms with E-state index in [4.69, 9.17) is 0 Å². The van der Waals surface area contributed by atoms with Crippen molar-refractivity contribution in [2.24, 2.45) is 0 Å². The second-order valence-electron chi connectivity index (χ2n) is 0.658. The molecule has 0 aromatic carbocycles. The van der Waals surface area contributed by atoms with Crippen molar-refractivity contribution in [2.75, 3.05) is 0 Å². The average Bonchev–Trinajstić information content (AvgIpc) is 1.75. The summed E-state index contributed by atoms with van der Waals surface area (Å²) < 4.78 is 0. The summed E-state index contributed by atoms with van der Waals surface area (Å²) in [5.41, 5.74) is 2.25. The van der Waals surface area contributed by atoms with Gasteiger partial charge in [-0.3, -0.25) is 0 Å². The maximum Gasteiger partial charge on any atom is -0.0473 e. The van der Waals surface area contributed by atoms with Crippen molar-refractivity contribution in [1.29, 1.82) is 0 Å². The van der Waals surface area contributed by atoms with E-state index in [1.54, 1.807) is 6.08 Å². The molecule has 0 amide bonds. The largest absolute Gasteiger partial charge is 0.137 e. The molecule has 0 rings (SSSR count). The molecule has 0 atom stereocenters. The predicted molar refractivity (Wildman–Crippen MR) is 41.9 cm³/mol. The van der Waals surface area contributed by atoms with Crippen molar-refractivity contribution >= 4 is 0 Å². The van der Waals surface area contributed by atoms with Crippen LogP contribution < -0.4 is 0 Å². The SMILES string of the molecule is C=C.C=C=C.C=CC. The summed E-state index contributed by atoms with van der Waals surface area (Å²) in [7, 11) is 0. The van der Waals surface area contributed by atoms with E-state index in [1.165, 1.54) is 0 Å². The van der Waals surface area contributed by atoms with E-state index in [2.05, 4.69) is 38.6 Å². The van der Waals surface area contributed by atoms with Crippen molar-refractivity contribution in [3.8, 4) is 0 Å². The molecular weight excluding hydrogens is 96.1 g/mol. The zero-order valence-corrected chi connectivity index (χ0v) is 5.61. The Bertz CT molecular complexity index is 54.4. The first-order chi connectivity index (χ1) is 3.83. The highest BCUT2D eigenvalue weighted by atomic mass is 13.2. The van der Waals surface area contributed by atoms with Crippen LogP contribution >= 0.6 is 0 Å². The molecule has 0 nitrogen and oxygen atoms in total. The van der Waals surface area contributed by atoms with Gasteiger partial charge < -0.3 is 0 Å². The molecule has 0 aliphatic rings. The smallest absolute Gasteiger partial charge is 0.0473 e. The number of hydrogen-bond acceptors (Lipinski definition) is 0. The lowest BCUT2D eigenvalue weighted by molar-refractivity contribution is 1.80. The van der Waals surface area contributed by atoms with Crippen LogP contribution in [0.4, 0.5) is 0 Å². The van der Waals surface area contributed by atoms with Gasteiger partial charge in [0.15, 0.2) is 0 Å². The van der Waals surface area contributed by atoms with Gasteiger partial charge in [0, 0.05) is 0 Å². The molecule has 0 saturated carbocycles. The molecule has 0 bridgehead atoms. The summed E-state index contributed by atoms with van der Waals surface area (Å²) in [4.78, 5) is 0. The third-order valence-corrected chi connectivity index (χ3v) is 0. The fourth-order valence-corrected chi connectivity index (χ4v) is 0. The normalized spacial score (nSPS) is 3.12. The van der Waals surface area contributed by atoms with E-state index in [9.17, 15) is 0 Å². The highest BCUT2D eigenvalue weighted by molar-refractivity contribution is 4.52. The molecule has 0 spiro atoms. The lowest BCUT2D eigenvalue weighted by atomic mass is 10.8. The molecule has 0 aromatic rings. The fourth-order valence-electron chi connectivity index (χ4n) is 0. The highest BCUT2D eigenvalue weighted by Crippen LogP contribution is 1.38. The molecule has 0 unspecified atom stereocenters. The van der Waals surface area contributed by atoms with E-state index < -0.39 is 0 Å². The van der Waals surface area contributed by atoms with E-state index in [-0.39, 0.29) is 0 Å². The Balaban J connectivity index is -0.0000000483. The Morgan fingerprint density at radius 3 is 1.25 bits per heavy atom. The molecule has 0 aliphatic carbocycles. The maximum absolute atomic E-state index is 3.36. The molecule has 0 heterocycles. The topological polar surface area (TPSA) is 0 Å². The summed E-state index contributed by atoms with van der Waals surface area (Å²) >= 11 is 0. The Morgan fingerprint density at radius 2 is 1.25 bits per heavy atom. The molecule has 0 aromatic heterocycles.